The number of rotatable bonds is 9. The molecule has 0 amide bonds. The van der Waals surface area contributed by atoms with Crippen molar-refractivity contribution in [1.82, 2.24) is 15.5 Å². The Morgan fingerprint density at radius 3 is 2.58 bits per heavy atom. The van der Waals surface area contributed by atoms with Crippen molar-refractivity contribution >= 4 is 11.8 Å². The molecule has 1 aromatic heterocycles. The Kier molecular flexibility index (Phi) is 7.46. The number of likely N-dealkylation sites (N-methyl/N-ethyl adjacent to an activating group) is 1. The van der Waals surface area contributed by atoms with E-state index in [0.717, 1.165) is 36.2 Å². The van der Waals surface area contributed by atoms with Gasteiger partial charge in [0.25, 0.3) is 0 Å². The third kappa shape index (κ3) is 5.53. The molecule has 0 radical (unpaired) electrons. The van der Waals surface area contributed by atoms with E-state index in [1.54, 1.807) is 0 Å². The highest BCUT2D eigenvalue weighted by molar-refractivity contribution is 7.98. The lowest BCUT2D eigenvalue weighted by molar-refractivity contribution is 0.320. The van der Waals surface area contributed by atoms with Crippen molar-refractivity contribution in [3.63, 3.8) is 0 Å². The fourth-order valence-electron chi connectivity index (χ4n) is 2.01. The zero-order valence-corrected chi connectivity index (χ0v) is 13.6. The maximum atomic E-state index is 5.40. The maximum absolute atomic E-state index is 5.40. The molecule has 0 aliphatic rings. The Balaban J connectivity index is 2.52. The lowest BCUT2D eigenvalue weighted by Gasteiger charge is -2.20. The van der Waals surface area contributed by atoms with Gasteiger partial charge < -0.3 is 9.84 Å². The van der Waals surface area contributed by atoms with Crippen LogP contribution in [0.25, 0.3) is 0 Å². The summed E-state index contributed by atoms with van der Waals surface area (Å²) >= 11 is 1.86. The van der Waals surface area contributed by atoms with Crippen molar-refractivity contribution in [2.45, 2.75) is 58.8 Å². The topological polar surface area (TPSA) is 51.0 Å². The van der Waals surface area contributed by atoms with Crippen LogP contribution in [0.2, 0.25) is 0 Å². The molecule has 0 aliphatic carbocycles. The Morgan fingerprint density at radius 1 is 1.26 bits per heavy atom. The van der Waals surface area contributed by atoms with Gasteiger partial charge >= 0.3 is 0 Å². The zero-order valence-electron chi connectivity index (χ0n) is 12.8. The molecule has 0 aromatic carbocycles. The van der Waals surface area contributed by atoms with Crippen LogP contribution >= 0.6 is 11.8 Å². The first-order valence-electron chi connectivity index (χ1n) is 7.22. The van der Waals surface area contributed by atoms with Crippen LogP contribution in [0.1, 0.15) is 58.7 Å². The molecule has 0 saturated heterocycles. The van der Waals surface area contributed by atoms with Gasteiger partial charge in [-0.3, -0.25) is 0 Å². The van der Waals surface area contributed by atoms with Gasteiger partial charge in [0.2, 0.25) is 5.89 Å². The maximum Gasteiger partial charge on any atom is 0.231 e. The average molecular weight is 285 g/mol. The highest BCUT2D eigenvalue weighted by atomic mass is 32.2. The summed E-state index contributed by atoms with van der Waals surface area (Å²) < 4.78 is 5.40. The fraction of sp³-hybridized carbons (Fsp3) is 0.857. The summed E-state index contributed by atoms with van der Waals surface area (Å²) in [6.07, 6.45) is 1.06. The van der Waals surface area contributed by atoms with Crippen LogP contribution in [0, 0.1) is 5.92 Å². The molecular formula is C14H27N3OS. The number of hydrogen-bond donors (Lipinski definition) is 1. The molecule has 1 rings (SSSR count). The first-order chi connectivity index (χ1) is 9.08. The van der Waals surface area contributed by atoms with Crippen LogP contribution in [0.5, 0.6) is 0 Å². The molecule has 110 valence electrons. The summed E-state index contributed by atoms with van der Waals surface area (Å²) in [4.78, 5) is 4.52. The fourth-order valence-corrected chi connectivity index (χ4v) is 2.90. The summed E-state index contributed by atoms with van der Waals surface area (Å²) in [6.45, 7) is 11.9. The van der Waals surface area contributed by atoms with Crippen LogP contribution in [-0.2, 0) is 5.75 Å². The van der Waals surface area contributed by atoms with Gasteiger partial charge in [-0.1, -0.05) is 39.8 Å². The molecule has 5 heteroatoms. The lowest BCUT2D eigenvalue weighted by atomic mass is 9.99. The highest BCUT2D eigenvalue weighted by Crippen LogP contribution is 2.21. The summed E-state index contributed by atoms with van der Waals surface area (Å²) in [6, 6.07) is 0.404. The van der Waals surface area contributed by atoms with Gasteiger partial charge in [-0.15, -0.1) is 0 Å². The van der Waals surface area contributed by atoms with Crippen molar-refractivity contribution in [1.29, 1.82) is 0 Å². The smallest absolute Gasteiger partial charge is 0.231 e. The van der Waals surface area contributed by atoms with Crippen LogP contribution in [-0.4, -0.2) is 28.5 Å². The minimum atomic E-state index is 0.265. The second-order valence-electron chi connectivity index (χ2n) is 5.32. The van der Waals surface area contributed by atoms with E-state index in [4.69, 9.17) is 4.52 Å². The molecule has 2 unspecified atom stereocenters. The van der Waals surface area contributed by atoms with Crippen LogP contribution in [0.15, 0.2) is 4.52 Å². The van der Waals surface area contributed by atoms with E-state index in [-0.39, 0.29) is 5.92 Å². The number of thioether (sulfide) groups is 1. The van der Waals surface area contributed by atoms with Crippen molar-refractivity contribution in [2.75, 3.05) is 12.3 Å². The Hall–Kier alpha value is -0.550. The third-order valence-electron chi connectivity index (χ3n) is 3.07. The Labute approximate surface area is 121 Å². The van der Waals surface area contributed by atoms with Crippen molar-refractivity contribution in [2.24, 2.45) is 5.92 Å². The summed E-state index contributed by atoms with van der Waals surface area (Å²) in [5.41, 5.74) is 0. The second-order valence-corrected chi connectivity index (χ2v) is 6.35. The van der Waals surface area contributed by atoms with Crippen LogP contribution in [0.4, 0.5) is 0 Å². The summed E-state index contributed by atoms with van der Waals surface area (Å²) in [5.74, 6) is 4.52. The molecule has 2 atom stereocenters. The van der Waals surface area contributed by atoms with E-state index >= 15 is 0 Å². The normalized spacial score (nSPS) is 14.8. The lowest BCUT2D eigenvalue weighted by Crippen LogP contribution is -2.33. The van der Waals surface area contributed by atoms with Gasteiger partial charge in [0.1, 0.15) is 0 Å². The minimum Gasteiger partial charge on any atom is -0.339 e. The molecule has 1 aromatic rings. The van der Waals surface area contributed by atoms with Crippen molar-refractivity contribution < 1.29 is 4.52 Å². The van der Waals surface area contributed by atoms with Gasteiger partial charge in [0.15, 0.2) is 5.82 Å². The monoisotopic (exact) mass is 285 g/mol. The van der Waals surface area contributed by atoms with E-state index in [9.17, 15) is 0 Å². The Bertz CT molecular complexity index is 354. The standard InChI is InChI=1S/C14H27N3OS/c1-6-12(15-7-2)11(5)14-16-13(17-18-14)9-19-8-10(3)4/h10-12,15H,6-9H2,1-5H3. The summed E-state index contributed by atoms with van der Waals surface area (Å²) in [7, 11) is 0. The SMILES string of the molecule is CCNC(CC)C(C)c1nc(CSCC(C)C)no1. The van der Waals surface area contributed by atoms with Gasteiger partial charge in [0, 0.05) is 6.04 Å². The molecule has 0 aliphatic heterocycles. The summed E-state index contributed by atoms with van der Waals surface area (Å²) in [5, 5.41) is 7.54. The zero-order chi connectivity index (χ0) is 14.3. The quantitative estimate of drug-likeness (QED) is 0.753. The Morgan fingerprint density at radius 2 is 2.00 bits per heavy atom. The minimum absolute atomic E-state index is 0.265. The highest BCUT2D eigenvalue weighted by Gasteiger charge is 2.22. The number of nitrogens with one attached hydrogen (secondary N) is 1. The van der Waals surface area contributed by atoms with Crippen LogP contribution in [0.3, 0.4) is 0 Å². The molecular weight excluding hydrogens is 258 g/mol. The largest absolute Gasteiger partial charge is 0.339 e. The molecule has 1 N–H and O–H groups in total. The predicted octanol–water partition coefficient (Wildman–Crippen LogP) is 3.45. The van der Waals surface area contributed by atoms with Crippen molar-refractivity contribution in [3.05, 3.63) is 11.7 Å². The molecule has 0 saturated carbocycles. The molecule has 0 fully saturated rings. The molecule has 4 nitrogen and oxygen atoms in total. The average Bonchev–Trinajstić information content (AvgIpc) is 2.83. The first kappa shape index (κ1) is 16.5. The number of hydrogen-bond acceptors (Lipinski definition) is 5. The molecule has 1 heterocycles. The van der Waals surface area contributed by atoms with Gasteiger partial charge in [-0.05, 0) is 24.6 Å². The number of aromatic nitrogens is 2. The van der Waals surface area contributed by atoms with Crippen LogP contribution < -0.4 is 5.32 Å². The van der Waals surface area contributed by atoms with E-state index in [1.807, 2.05) is 11.8 Å². The molecule has 19 heavy (non-hydrogen) atoms. The van der Waals surface area contributed by atoms with Gasteiger partial charge in [0.05, 0.1) is 11.7 Å². The van der Waals surface area contributed by atoms with E-state index in [1.165, 1.54) is 0 Å². The van der Waals surface area contributed by atoms with Crippen molar-refractivity contribution in [3.8, 4) is 0 Å². The molecule has 0 bridgehead atoms. The van der Waals surface area contributed by atoms with E-state index in [0.29, 0.717) is 12.0 Å². The first-order valence-corrected chi connectivity index (χ1v) is 8.37. The predicted molar refractivity (Wildman–Crippen MR) is 81.5 cm³/mol. The van der Waals surface area contributed by atoms with Gasteiger partial charge in [-0.2, -0.15) is 16.7 Å². The third-order valence-corrected chi connectivity index (χ3v) is 4.43. The van der Waals surface area contributed by atoms with E-state index < -0.39 is 0 Å². The molecule has 0 spiro atoms. The second kappa shape index (κ2) is 8.59. The van der Waals surface area contributed by atoms with E-state index in [2.05, 4.69) is 50.1 Å². The van der Waals surface area contributed by atoms with Gasteiger partial charge in [-0.25, -0.2) is 0 Å². The number of nitrogens with zero attached hydrogens (tertiary/aromatic N) is 2.